The maximum Gasteiger partial charge on any atom is 0.124 e. The van der Waals surface area contributed by atoms with Crippen LogP contribution in [0.3, 0.4) is 0 Å². The second-order valence-electron chi connectivity index (χ2n) is 2.54. The van der Waals surface area contributed by atoms with Crippen LogP contribution in [0.5, 0.6) is 0 Å². The van der Waals surface area contributed by atoms with Crippen LogP contribution >= 0.6 is 0 Å². The van der Waals surface area contributed by atoms with E-state index in [0.29, 0.717) is 0 Å². The molecule has 11 heavy (non-hydrogen) atoms. The number of hydrogen-bond acceptors (Lipinski definition) is 2. The van der Waals surface area contributed by atoms with Gasteiger partial charge in [0, 0.05) is 19.4 Å². The highest BCUT2D eigenvalue weighted by atomic mass is 15.3. The summed E-state index contributed by atoms with van der Waals surface area (Å²) in [5.74, 6) is 0. The highest BCUT2D eigenvalue weighted by molar-refractivity contribution is 5.24. The highest BCUT2D eigenvalue weighted by Crippen LogP contribution is 2.11. The van der Waals surface area contributed by atoms with Gasteiger partial charge in [-0.25, -0.2) is 0 Å². The smallest absolute Gasteiger partial charge is 0.124 e. The predicted octanol–water partition coefficient (Wildman–Crippen LogP) is 1.45. The molecule has 2 heteroatoms. The second-order valence-corrected chi connectivity index (χ2v) is 2.54. The molecule has 0 saturated carbocycles. The van der Waals surface area contributed by atoms with Gasteiger partial charge in [-0.1, -0.05) is 18.7 Å². The zero-order chi connectivity index (χ0) is 8.27. The van der Waals surface area contributed by atoms with E-state index in [1.54, 1.807) is 0 Å². The summed E-state index contributed by atoms with van der Waals surface area (Å²) in [7, 11) is 2.04. The Balaban J connectivity index is 2.68. The van der Waals surface area contributed by atoms with Crippen LogP contribution in [0.2, 0.25) is 0 Å². The fourth-order valence-corrected chi connectivity index (χ4v) is 1.17. The van der Waals surface area contributed by atoms with Crippen molar-refractivity contribution in [2.75, 3.05) is 7.05 Å². The van der Waals surface area contributed by atoms with Gasteiger partial charge in [0.05, 0.1) is 0 Å². The molecule has 0 amide bonds. The lowest BCUT2D eigenvalue weighted by Gasteiger charge is -2.21. The molecule has 0 saturated heterocycles. The number of nitrogens with one attached hydrogen (secondary N) is 1. The summed E-state index contributed by atoms with van der Waals surface area (Å²) in [6.07, 6.45) is 8.17. The first-order valence-electron chi connectivity index (χ1n) is 3.73. The van der Waals surface area contributed by atoms with Crippen LogP contribution in [0, 0.1) is 0 Å². The van der Waals surface area contributed by atoms with Gasteiger partial charge in [0.15, 0.2) is 0 Å². The van der Waals surface area contributed by atoms with E-state index in [9.17, 15) is 0 Å². The Hall–Kier alpha value is -1.18. The molecule has 1 N–H and O–H groups in total. The van der Waals surface area contributed by atoms with Crippen molar-refractivity contribution in [3.05, 3.63) is 36.7 Å². The number of hydrogen-bond donors (Lipinski definition) is 1. The van der Waals surface area contributed by atoms with E-state index < -0.39 is 0 Å². The van der Waals surface area contributed by atoms with Crippen LogP contribution in [0.25, 0.3) is 0 Å². The molecule has 1 aliphatic heterocycles. The Labute approximate surface area is 67.9 Å². The molecule has 1 atom stereocenters. The molecular formula is C9H14N2. The maximum absolute atomic E-state index is 3.75. The van der Waals surface area contributed by atoms with Crippen molar-refractivity contribution in [1.29, 1.82) is 0 Å². The van der Waals surface area contributed by atoms with Crippen molar-refractivity contribution < 1.29 is 0 Å². The topological polar surface area (TPSA) is 15.3 Å². The van der Waals surface area contributed by atoms with Crippen molar-refractivity contribution in [2.24, 2.45) is 0 Å². The summed E-state index contributed by atoms with van der Waals surface area (Å²) in [5, 5.41) is 3.21. The van der Waals surface area contributed by atoms with Gasteiger partial charge < -0.3 is 10.2 Å². The molecule has 0 aromatic carbocycles. The third kappa shape index (κ3) is 1.45. The molecule has 2 nitrogen and oxygen atoms in total. The van der Waals surface area contributed by atoms with E-state index in [2.05, 4.69) is 22.9 Å². The standard InChI is InChI=1S/C9H14N2/c1-4-8(5-2)9-10-6-7-11(9)3/h4-7,9-10H,1H2,2-3H3/b8-5+. The van der Waals surface area contributed by atoms with Crippen molar-refractivity contribution in [3.8, 4) is 0 Å². The molecule has 1 heterocycles. The molecule has 1 unspecified atom stereocenters. The van der Waals surface area contributed by atoms with Crippen LogP contribution in [0.4, 0.5) is 0 Å². The molecule has 0 radical (unpaired) electrons. The van der Waals surface area contributed by atoms with Crippen LogP contribution in [-0.4, -0.2) is 18.1 Å². The van der Waals surface area contributed by atoms with Crippen LogP contribution in [0.15, 0.2) is 36.7 Å². The summed E-state index contributed by atoms with van der Waals surface area (Å²) < 4.78 is 0. The minimum Gasteiger partial charge on any atom is -0.366 e. The van der Waals surface area contributed by atoms with Gasteiger partial charge in [0.2, 0.25) is 0 Å². The van der Waals surface area contributed by atoms with Crippen molar-refractivity contribution in [2.45, 2.75) is 13.1 Å². The average Bonchev–Trinajstić information content (AvgIpc) is 2.40. The Bertz CT molecular complexity index is 204. The number of likely N-dealkylation sites (N-methyl/N-ethyl adjacent to an activating group) is 1. The zero-order valence-corrected chi connectivity index (χ0v) is 7.04. The minimum absolute atomic E-state index is 0.275. The van der Waals surface area contributed by atoms with Crippen molar-refractivity contribution in [3.63, 3.8) is 0 Å². The fraction of sp³-hybridized carbons (Fsp3) is 0.333. The Kier molecular flexibility index (Phi) is 2.36. The third-order valence-corrected chi connectivity index (χ3v) is 1.86. The van der Waals surface area contributed by atoms with E-state index in [1.165, 1.54) is 5.57 Å². The molecule has 1 aliphatic rings. The largest absolute Gasteiger partial charge is 0.366 e. The highest BCUT2D eigenvalue weighted by Gasteiger charge is 2.15. The molecule has 0 bridgehead atoms. The summed E-state index contributed by atoms with van der Waals surface area (Å²) in [5.41, 5.74) is 1.21. The van der Waals surface area contributed by atoms with Crippen LogP contribution in [0.1, 0.15) is 6.92 Å². The first-order valence-corrected chi connectivity index (χ1v) is 3.73. The van der Waals surface area contributed by atoms with E-state index in [1.807, 2.05) is 32.4 Å². The molecular weight excluding hydrogens is 136 g/mol. The van der Waals surface area contributed by atoms with Gasteiger partial charge in [-0.05, 0) is 12.5 Å². The number of rotatable bonds is 2. The van der Waals surface area contributed by atoms with Gasteiger partial charge in [0.1, 0.15) is 6.17 Å². The predicted molar refractivity (Wildman–Crippen MR) is 47.8 cm³/mol. The number of allylic oxidation sites excluding steroid dienone is 1. The zero-order valence-electron chi connectivity index (χ0n) is 7.04. The quantitative estimate of drug-likeness (QED) is 0.599. The Morgan fingerprint density at radius 2 is 2.45 bits per heavy atom. The van der Waals surface area contributed by atoms with E-state index in [0.717, 1.165) is 0 Å². The first kappa shape index (κ1) is 7.92. The van der Waals surface area contributed by atoms with Gasteiger partial charge in [0.25, 0.3) is 0 Å². The number of nitrogens with zero attached hydrogens (tertiary/aromatic N) is 1. The lowest BCUT2D eigenvalue weighted by Crippen LogP contribution is -2.33. The summed E-state index contributed by atoms with van der Waals surface area (Å²) in [6, 6.07) is 0. The summed E-state index contributed by atoms with van der Waals surface area (Å²) >= 11 is 0. The summed E-state index contributed by atoms with van der Waals surface area (Å²) in [6.45, 7) is 5.77. The minimum atomic E-state index is 0.275. The van der Waals surface area contributed by atoms with Gasteiger partial charge in [-0.3, -0.25) is 0 Å². The molecule has 60 valence electrons. The molecule has 1 rings (SSSR count). The van der Waals surface area contributed by atoms with Crippen LogP contribution in [-0.2, 0) is 0 Å². The van der Waals surface area contributed by atoms with Crippen molar-refractivity contribution in [1.82, 2.24) is 10.2 Å². The molecule has 0 spiro atoms. The third-order valence-electron chi connectivity index (χ3n) is 1.86. The SMILES string of the molecule is C=C/C(=C\C)C1NC=CN1C. The molecule has 0 aromatic heterocycles. The van der Waals surface area contributed by atoms with E-state index in [4.69, 9.17) is 0 Å². The van der Waals surface area contributed by atoms with Gasteiger partial charge in [-0.15, -0.1) is 0 Å². The first-order chi connectivity index (χ1) is 5.29. The summed E-state index contributed by atoms with van der Waals surface area (Å²) in [4.78, 5) is 2.11. The van der Waals surface area contributed by atoms with Gasteiger partial charge in [-0.2, -0.15) is 0 Å². The van der Waals surface area contributed by atoms with Crippen LogP contribution < -0.4 is 5.32 Å². The monoisotopic (exact) mass is 150 g/mol. The average molecular weight is 150 g/mol. The van der Waals surface area contributed by atoms with E-state index in [-0.39, 0.29) is 6.17 Å². The second kappa shape index (κ2) is 3.28. The molecule has 0 aromatic rings. The van der Waals surface area contributed by atoms with E-state index >= 15 is 0 Å². The fourth-order valence-electron chi connectivity index (χ4n) is 1.17. The van der Waals surface area contributed by atoms with Gasteiger partial charge >= 0.3 is 0 Å². The normalized spacial score (nSPS) is 23.6. The lowest BCUT2D eigenvalue weighted by molar-refractivity contribution is 0.379. The molecule has 0 aliphatic carbocycles. The Morgan fingerprint density at radius 1 is 1.73 bits per heavy atom. The Morgan fingerprint density at radius 3 is 2.82 bits per heavy atom. The maximum atomic E-state index is 3.75. The lowest BCUT2D eigenvalue weighted by atomic mass is 10.2. The van der Waals surface area contributed by atoms with Crippen molar-refractivity contribution >= 4 is 0 Å². The molecule has 0 fully saturated rings.